The molecule has 0 unspecified atom stereocenters. The van der Waals surface area contributed by atoms with Gasteiger partial charge >= 0.3 is 12.3 Å². The van der Waals surface area contributed by atoms with Crippen molar-refractivity contribution >= 4 is 6.15 Å². The molecule has 1 N–H and O–H groups in total. The largest absolute Gasteiger partial charge is 0.493 e. The highest BCUT2D eigenvalue weighted by molar-refractivity contribution is 5.54. The van der Waals surface area contributed by atoms with E-state index in [0.717, 1.165) is 55.5 Å². The van der Waals surface area contributed by atoms with E-state index in [1.165, 1.54) is 0 Å². The molecule has 1 aliphatic rings. The van der Waals surface area contributed by atoms with E-state index >= 15 is 0 Å². The number of rotatable bonds is 5. The van der Waals surface area contributed by atoms with Crippen molar-refractivity contribution in [3.05, 3.63) is 65.7 Å². The van der Waals surface area contributed by atoms with Crippen LogP contribution in [0.25, 0.3) is 11.4 Å². The number of carbonyl (C=O) groups excluding carboxylic acids is 2. The first-order valence-corrected chi connectivity index (χ1v) is 10.6. The summed E-state index contributed by atoms with van der Waals surface area (Å²) < 4.78 is 44.2. The number of aromatic nitrogens is 3. The standard InChI is InChI=1S/C23H24F3N3O.CO2/c1-15-4-2-3-5-20(15)30-14-16-6-8-17(9-7-16)19-11-10-18(12-27-19)22-28-13-21(29-22)23(24,25)26;2-1-3/h2-5,10-13,16-17H,6-9,14H2,1H3,(H,28,29);. The highest BCUT2D eigenvalue weighted by atomic mass is 19.4. The molecular formula is C24H24F3N3O3. The lowest BCUT2D eigenvalue weighted by molar-refractivity contribution is -0.191. The molecule has 9 heteroatoms. The third-order valence-corrected chi connectivity index (χ3v) is 5.77. The third kappa shape index (κ3) is 6.52. The number of hydrogen-bond acceptors (Lipinski definition) is 5. The number of aromatic amines is 1. The Kier molecular flexibility index (Phi) is 8.01. The molecule has 33 heavy (non-hydrogen) atoms. The highest BCUT2D eigenvalue weighted by Crippen LogP contribution is 2.36. The number of aryl methyl sites for hydroxylation is 1. The number of benzene rings is 1. The zero-order chi connectivity index (χ0) is 23.8. The predicted molar refractivity (Wildman–Crippen MR) is 113 cm³/mol. The summed E-state index contributed by atoms with van der Waals surface area (Å²) in [6.45, 7) is 2.78. The average molecular weight is 459 g/mol. The molecule has 2 aromatic heterocycles. The van der Waals surface area contributed by atoms with Crippen molar-refractivity contribution < 1.29 is 27.5 Å². The Bertz CT molecular complexity index is 1070. The maximum Gasteiger partial charge on any atom is 0.432 e. The van der Waals surface area contributed by atoms with Gasteiger partial charge < -0.3 is 9.72 Å². The Hall–Kier alpha value is -3.45. The van der Waals surface area contributed by atoms with Crippen molar-refractivity contribution in [1.82, 2.24) is 15.0 Å². The molecule has 0 aliphatic heterocycles. The Balaban J connectivity index is 0.000000968. The van der Waals surface area contributed by atoms with Gasteiger partial charge in [-0.15, -0.1) is 0 Å². The number of nitrogens with zero attached hydrogens (tertiary/aromatic N) is 2. The number of alkyl halides is 3. The summed E-state index contributed by atoms with van der Waals surface area (Å²) in [6.07, 6.45) is 2.45. The second-order valence-electron chi connectivity index (χ2n) is 7.99. The quantitative estimate of drug-likeness (QED) is 0.539. The summed E-state index contributed by atoms with van der Waals surface area (Å²) in [5.74, 6) is 2.03. The molecule has 4 rings (SSSR count). The molecule has 0 spiro atoms. The van der Waals surface area contributed by atoms with E-state index in [1.54, 1.807) is 12.3 Å². The van der Waals surface area contributed by atoms with Crippen LogP contribution in [-0.4, -0.2) is 27.7 Å². The monoisotopic (exact) mass is 459 g/mol. The van der Waals surface area contributed by atoms with Crippen LogP contribution < -0.4 is 4.74 Å². The van der Waals surface area contributed by atoms with E-state index in [-0.39, 0.29) is 12.0 Å². The Morgan fingerprint density at radius 2 is 1.73 bits per heavy atom. The number of imidazole rings is 1. The van der Waals surface area contributed by atoms with Crippen molar-refractivity contribution in [1.29, 1.82) is 0 Å². The van der Waals surface area contributed by atoms with Crippen LogP contribution in [0.2, 0.25) is 0 Å². The molecule has 0 radical (unpaired) electrons. The minimum Gasteiger partial charge on any atom is -0.493 e. The highest BCUT2D eigenvalue weighted by Gasteiger charge is 2.33. The van der Waals surface area contributed by atoms with Gasteiger partial charge in [0.1, 0.15) is 17.3 Å². The molecule has 1 saturated carbocycles. The van der Waals surface area contributed by atoms with Crippen LogP contribution in [0.15, 0.2) is 48.8 Å². The number of halogens is 3. The molecular weight excluding hydrogens is 435 g/mol. The van der Waals surface area contributed by atoms with Crippen LogP contribution in [0.4, 0.5) is 13.2 Å². The number of ether oxygens (including phenoxy) is 1. The SMILES string of the molecule is Cc1ccccc1OCC1CCC(c2ccc(-c3ncc(C(F)(F)F)[nH]3)cn2)CC1.O=C=O. The second-order valence-corrected chi connectivity index (χ2v) is 7.99. The fourth-order valence-electron chi connectivity index (χ4n) is 3.95. The first-order valence-electron chi connectivity index (χ1n) is 10.6. The lowest BCUT2D eigenvalue weighted by Crippen LogP contribution is -2.20. The summed E-state index contributed by atoms with van der Waals surface area (Å²) in [6, 6.07) is 11.7. The molecule has 0 bridgehead atoms. The molecule has 0 amide bonds. The van der Waals surface area contributed by atoms with E-state index in [9.17, 15) is 13.2 Å². The summed E-state index contributed by atoms with van der Waals surface area (Å²) >= 11 is 0. The van der Waals surface area contributed by atoms with Gasteiger partial charge in [0, 0.05) is 23.4 Å². The summed E-state index contributed by atoms with van der Waals surface area (Å²) in [5, 5.41) is 0. The van der Waals surface area contributed by atoms with E-state index in [0.29, 0.717) is 17.4 Å². The van der Waals surface area contributed by atoms with Crippen LogP contribution in [0.3, 0.4) is 0 Å². The second kappa shape index (κ2) is 10.9. The molecule has 6 nitrogen and oxygen atoms in total. The molecule has 1 fully saturated rings. The summed E-state index contributed by atoms with van der Waals surface area (Å²) in [7, 11) is 0. The van der Waals surface area contributed by atoms with Gasteiger partial charge in [0.25, 0.3) is 0 Å². The van der Waals surface area contributed by atoms with Crippen LogP contribution in [0.5, 0.6) is 5.75 Å². The van der Waals surface area contributed by atoms with Gasteiger partial charge in [0.05, 0.1) is 12.8 Å². The van der Waals surface area contributed by atoms with Crippen LogP contribution in [0, 0.1) is 12.8 Å². The zero-order valence-corrected chi connectivity index (χ0v) is 18.1. The van der Waals surface area contributed by atoms with Crippen LogP contribution >= 0.6 is 0 Å². The van der Waals surface area contributed by atoms with Gasteiger partial charge in [-0.25, -0.2) is 4.98 Å². The van der Waals surface area contributed by atoms with Crippen molar-refractivity contribution in [2.45, 2.75) is 44.7 Å². The van der Waals surface area contributed by atoms with Crippen molar-refractivity contribution in [2.75, 3.05) is 6.61 Å². The van der Waals surface area contributed by atoms with Crippen molar-refractivity contribution in [3.63, 3.8) is 0 Å². The number of H-pyrrole nitrogens is 1. The minimum absolute atomic E-state index is 0.179. The van der Waals surface area contributed by atoms with Gasteiger partial charge in [-0.2, -0.15) is 22.8 Å². The van der Waals surface area contributed by atoms with Crippen LogP contribution in [-0.2, 0) is 15.8 Å². The van der Waals surface area contributed by atoms with Gasteiger partial charge in [0.15, 0.2) is 0 Å². The minimum atomic E-state index is -4.43. The Labute approximate surface area is 189 Å². The third-order valence-electron chi connectivity index (χ3n) is 5.77. The van der Waals surface area contributed by atoms with E-state index < -0.39 is 11.9 Å². The maximum atomic E-state index is 12.7. The number of hydrogen-bond donors (Lipinski definition) is 1. The van der Waals surface area contributed by atoms with Gasteiger partial charge in [0.2, 0.25) is 0 Å². The first kappa shape index (κ1) is 24.2. The molecule has 0 saturated heterocycles. The lowest BCUT2D eigenvalue weighted by atomic mass is 9.80. The zero-order valence-electron chi connectivity index (χ0n) is 18.1. The lowest BCUT2D eigenvalue weighted by Gasteiger charge is -2.28. The normalized spacial score (nSPS) is 18.1. The number of pyridine rings is 1. The molecule has 3 aromatic rings. The topological polar surface area (TPSA) is 84.9 Å². The molecule has 2 heterocycles. The molecule has 174 valence electrons. The van der Waals surface area contributed by atoms with Crippen molar-refractivity contribution in [2.24, 2.45) is 5.92 Å². The van der Waals surface area contributed by atoms with Gasteiger partial charge in [-0.1, -0.05) is 18.2 Å². The summed E-state index contributed by atoms with van der Waals surface area (Å²) in [5.41, 5.74) is 1.83. The molecule has 0 atom stereocenters. The molecule has 1 aromatic carbocycles. The predicted octanol–water partition coefficient (Wildman–Crippen LogP) is 5.57. The smallest absolute Gasteiger partial charge is 0.432 e. The fraction of sp³-hybridized carbons (Fsp3) is 0.375. The maximum absolute atomic E-state index is 12.7. The van der Waals surface area contributed by atoms with Crippen molar-refractivity contribution in [3.8, 4) is 17.1 Å². The Morgan fingerprint density at radius 1 is 1.03 bits per heavy atom. The number of para-hydroxylation sites is 1. The first-order chi connectivity index (χ1) is 15.8. The van der Waals surface area contributed by atoms with Crippen LogP contribution in [0.1, 0.15) is 48.6 Å². The fourth-order valence-corrected chi connectivity index (χ4v) is 3.95. The van der Waals surface area contributed by atoms with E-state index in [1.807, 2.05) is 37.3 Å². The molecule has 1 aliphatic carbocycles. The van der Waals surface area contributed by atoms with Gasteiger partial charge in [-0.05, 0) is 62.3 Å². The summed E-state index contributed by atoms with van der Waals surface area (Å²) in [4.78, 5) is 26.9. The average Bonchev–Trinajstić information content (AvgIpc) is 3.31. The Morgan fingerprint density at radius 3 is 2.30 bits per heavy atom. The van der Waals surface area contributed by atoms with E-state index in [4.69, 9.17) is 14.3 Å². The van der Waals surface area contributed by atoms with E-state index in [2.05, 4.69) is 15.0 Å². The van der Waals surface area contributed by atoms with Gasteiger partial charge in [-0.3, -0.25) is 4.98 Å². The number of nitrogens with one attached hydrogen (secondary N) is 1.